The van der Waals surface area contributed by atoms with Gasteiger partial charge in [0.2, 0.25) is 11.6 Å². The quantitative estimate of drug-likeness (QED) is 0.386. The van der Waals surface area contributed by atoms with Crippen LogP contribution >= 0.6 is 0 Å². The van der Waals surface area contributed by atoms with Crippen molar-refractivity contribution in [3.63, 3.8) is 0 Å². The molecular weight excluding hydrogens is 416 g/mol. The van der Waals surface area contributed by atoms with E-state index in [2.05, 4.69) is 15.1 Å². The number of pyridine rings is 1. The van der Waals surface area contributed by atoms with E-state index >= 15 is 0 Å². The summed E-state index contributed by atoms with van der Waals surface area (Å²) in [5.74, 6) is -0.199. The molecule has 0 atom stereocenters. The van der Waals surface area contributed by atoms with Crippen LogP contribution in [0.4, 0.5) is 0 Å². The number of carbonyl (C=O) groups is 2. The van der Waals surface area contributed by atoms with Gasteiger partial charge in [0.05, 0.1) is 5.56 Å². The number of aromatic carboxylic acids is 1. The van der Waals surface area contributed by atoms with Crippen LogP contribution in [-0.2, 0) is 19.4 Å². The maximum atomic E-state index is 12.7. The average Bonchev–Trinajstić information content (AvgIpc) is 3.23. The van der Waals surface area contributed by atoms with E-state index in [1.807, 2.05) is 49.4 Å². The lowest BCUT2D eigenvalue weighted by atomic mass is 10.0. The highest BCUT2D eigenvalue weighted by Crippen LogP contribution is 2.23. The first-order valence-electron chi connectivity index (χ1n) is 10.8. The molecule has 166 valence electrons. The van der Waals surface area contributed by atoms with Gasteiger partial charge in [-0.25, -0.2) is 14.5 Å². The highest BCUT2D eigenvalue weighted by molar-refractivity contribution is 5.96. The summed E-state index contributed by atoms with van der Waals surface area (Å²) in [7, 11) is 0. The maximum Gasteiger partial charge on any atom is 0.336 e. The molecule has 2 aromatic carbocycles. The van der Waals surface area contributed by atoms with Crippen LogP contribution in [0.25, 0.3) is 11.1 Å². The molecule has 0 bridgehead atoms. The van der Waals surface area contributed by atoms with Crippen LogP contribution < -0.4 is 0 Å². The Morgan fingerprint density at radius 2 is 1.73 bits per heavy atom. The zero-order valence-corrected chi connectivity index (χ0v) is 18.3. The van der Waals surface area contributed by atoms with Gasteiger partial charge >= 0.3 is 5.97 Å². The summed E-state index contributed by atoms with van der Waals surface area (Å²) in [5.41, 5.74) is 3.27. The van der Waals surface area contributed by atoms with Crippen molar-refractivity contribution in [3.05, 3.63) is 101 Å². The summed E-state index contributed by atoms with van der Waals surface area (Å²) in [6.45, 7) is 2.70. The molecule has 2 aromatic heterocycles. The molecule has 2 heterocycles. The Labute approximate surface area is 191 Å². The summed E-state index contributed by atoms with van der Waals surface area (Å²) < 4.78 is 1.77. The van der Waals surface area contributed by atoms with Crippen molar-refractivity contribution in [3.8, 4) is 11.1 Å². The molecule has 0 saturated carbocycles. The molecule has 33 heavy (non-hydrogen) atoms. The predicted molar refractivity (Wildman–Crippen MR) is 124 cm³/mol. The second-order valence-electron chi connectivity index (χ2n) is 7.73. The lowest BCUT2D eigenvalue weighted by Crippen LogP contribution is -2.08. The lowest BCUT2D eigenvalue weighted by molar-refractivity contribution is 0.0697. The van der Waals surface area contributed by atoms with Crippen molar-refractivity contribution < 1.29 is 14.7 Å². The van der Waals surface area contributed by atoms with E-state index in [4.69, 9.17) is 0 Å². The van der Waals surface area contributed by atoms with Gasteiger partial charge in [0.15, 0.2) is 0 Å². The van der Waals surface area contributed by atoms with E-state index in [-0.39, 0.29) is 23.6 Å². The van der Waals surface area contributed by atoms with Crippen LogP contribution in [0.5, 0.6) is 0 Å². The van der Waals surface area contributed by atoms with Crippen molar-refractivity contribution in [2.24, 2.45) is 0 Å². The Kier molecular flexibility index (Phi) is 6.69. The number of hydrogen-bond acceptors (Lipinski definition) is 5. The number of benzene rings is 2. The Morgan fingerprint density at radius 3 is 2.42 bits per heavy atom. The van der Waals surface area contributed by atoms with E-state index in [9.17, 15) is 14.7 Å². The molecule has 0 unspecified atom stereocenters. The first-order valence-corrected chi connectivity index (χ1v) is 10.8. The topological polar surface area (TPSA) is 98.0 Å². The van der Waals surface area contributed by atoms with Crippen molar-refractivity contribution in [2.45, 2.75) is 32.7 Å². The fourth-order valence-electron chi connectivity index (χ4n) is 3.65. The first-order chi connectivity index (χ1) is 16.0. The highest BCUT2D eigenvalue weighted by atomic mass is 16.4. The third-order valence-electron chi connectivity index (χ3n) is 5.27. The van der Waals surface area contributed by atoms with Crippen molar-refractivity contribution in [1.82, 2.24) is 19.7 Å². The van der Waals surface area contributed by atoms with Crippen molar-refractivity contribution in [1.29, 1.82) is 0 Å². The van der Waals surface area contributed by atoms with Crippen molar-refractivity contribution in [2.75, 3.05) is 0 Å². The normalized spacial score (nSPS) is 10.8. The number of carbonyl (C=O) groups excluding carboxylic acids is 1. The van der Waals surface area contributed by atoms with E-state index in [0.29, 0.717) is 24.4 Å². The molecule has 0 radical (unpaired) electrons. The average molecular weight is 441 g/mol. The van der Waals surface area contributed by atoms with Gasteiger partial charge in [-0.2, -0.15) is 0 Å². The number of aryl methyl sites for hydroxylation is 1. The largest absolute Gasteiger partial charge is 0.478 e. The van der Waals surface area contributed by atoms with Gasteiger partial charge in [-0.15, -0.1) is 5.10 Å². The van der Waals surface area contributed by atoms with Gasteiger partial charge in [-0.1, -0.05) is 61.5 Å². The number of carboxylic acids is 1. The number of carboxylic acid groups (broad SMARTS) is 1. The lowest BCUT2D eigenvalue weighted by Gasteiger charge is -2.07. The van der Waals surface area contributed by atoms with Gasteiger partial charge in [-0.05, 0) is 29.7 Å². The molecule has 0 amide bonds. The minimum atomic E-state index is -0.977. The number of aromatic nitrogens is 4. The second-order valence-corrected chi connectivity index (χ2v) is 7.73. The minimum Gasteiger partial charge on any atom is -0.478 e. The van der Waals surface area contributed by atoms with Crippen LogP contribution in [0, 0.1) is 0 Å². The standard InChI is InChI=1S/C26H24N4O3/c1-2-14-30-24(28-25(29-30)23(31)15-18-8-4-3-5-9-18)16-20-13-12-19(17-27-20)21-10-6-7-11-22(21)26(32)33/h3-13,17H,2,14-16H2,1H3,(H,32,33). The molecular formula is C26H24N4O3. The number of nitrogens with zero attached hydrogens (tertiary/aromatic N) is 4. The fourth-order valence-corrected chi connectivity index (χ4v) is 3.65. The molecule has 7 nitrogen and oxygen atoms in total. The van der Waals surface area contributed by atoms with E-state index in [1.165, 1.54) is 0 Å². The number of hydrogen-bond donors (Lipinski definition) is 1. The van der Waals surface area contributed by atoms with Gasteiger partial charge < -0.3 is 5.11 Å². The Balaban J connectivity index is 1.55. The first kappa shape index (κ1) is 22.1. The summed E-state index contributed by atoms with van der Waals surface area (Å²) in [4.78, 5) is 33.3. The fraction of sp³-hybridized carbons (Fsp3) is 0.192. The maximum absolute atomic E-state index is 12.7. The molecule has 4 aromatic rings. The smallest absolute Gasteiger partial charge is 0.336 e. The molecule has 4 rings (SSSR count). The Bertz CT molecular complexity index is 1260. The highest BCUT2D eigenvalue weighted by Gasteiger charge is 2.18. The third kappa shape index (κ3) is 5.20. The van der Waals surface area contributed by atoms with Crippen LogP contribution in [0.2, 0.25) is 0 Å². The summed E-state index contributed by atoms with van der Waals surface area (Å²) >= 11 is 0. The van der Waals surface area contributed by atoms with E-state index in [1.54, 1.807) is 35.1 Å². The van der Waals surface area contributed by atoms with Crippen molar-refractivity contribution >= 4 is 11.8 Å². The van der Waals surface area contributed by atoms with Gasteiger partial charge in [0.25, 0.3) is 0 Å². The van der Waals surface area contributed by atoms with Gasteiger partial charge in [0, 0.05) is 36.8 Å². The summed E-state index contributed by atoms with van der Waals surface area (Å²) in [5, 5.41) is 13.9. The van der Waals surface area contributed by atoms with Gasteiger partial charge in [0.1, 0.15) is 5.82 Å². The third-order valence-corrected chi connectivity index (χ3v) is 5.27. The monoisotopic (exact) mass is 440 g/mol. The molecule has 7 heteroatoms. The minimum absolute atomic E-state index is 0.120. The summed E-state index contributed by atoms with van der Waals surface area (Å²) in [6, 6.07) is 20.1. The molecule has 0 aliphatic carbocycles. The second kappa shape index (κ2) is 9.99. The zero-order valence-electron chi connectivity index (χ0n) is 18.3. The van der Waals surface area contributed by atoms with Gasteiger partial charge in [-0.3, -0.25) is 9.78 Å². The zero-order chi connectivity index (χ0) is 23.2. The SMILES string of the molecule is CCCn1nc(C(=O)Cc2ccccc2)nc1Cc1ccc(-c2ccccc2C(=O)O)cn1. The van der Waals surface area contributed by atoms with E-state index < -0.39 is 5.97 Å². The Morgan fingerprint density at radius 1 is 0.970 bits per heavy atom. The van der Waals surface area contributed by atoms with Crippen LogP contribution in [0.3, 0.4) is 0 Å². The number of Topliss-reactive ketones (excluding diaryl/α,β-unsaturated/α-hetero) is 1. The Hall–Kier alpha value is -4.13. The van der Waals surface area contributed by atoms with Crippen LogP contribution in [0.1, 0.15) is 51.4 Å². The molecule has 1 N–H and O–H groups in total. The number of rotatable bonds is 9. The molecule has 0 fully saturated rings. The molecule has 0 aliphatic heterocycles. The van der Waals surface area contributed by atoms with E-state index in [0.717, 1.165) is 23.2 Å². The molecule has 0 saturated heterocycles. The molecule has 0 spiro atoms. The number of ketones is 1. The molecule has 0 aliphatic rings. The van der Waals surface area contributed by atoms with Crippen LogP contribution in [-0.4, -0.2) is 36.6 Å². The van der Waals surface area contributed by atoms with Crippen LogP contribution in [0.15, 0.2) is 72.9 Å². The summed E-state index contributed by atoms with van der Waals surface area (Å²) in [6.07, 6.45) is 3.21. The predicted octanol–water partition coefficient (Wildman–Crippen LogP) is 4.46.